The number of nitrogens with zero attached hydrogens (tertiary/aromatic N) is 5. The first kappa shape index (κ1) is 31.3. The Morgan fingerprint density at radius 2 is 0.839 bits per heavy atom. The van der Waals surface area contributed by atoms with Gasteiger partial charge in [0, 0.05) is 49.4 Å². The van der Waals surface area contributed by atoms with Gasteiger partial charge in [0.2, 0.25) is 0 Å². The molecule has 0 radical (unpaired) electrons. The Morgan fingerprint density at radius 3 is 1.36 bits per heavy atom. The smallest absolute Gasteiger partial charge is 0.164 e. The van der Waals surface area contributed by atoms with Gasteiger partial charge in [0.15, 0.2) is 17.5 Å². The molecule has 56 heavy (non-hydrogen) atoms. The fourth-order valence-corrected chi connectivity index (χ4v) is 9.54. The van der Waals surface area contributed by atoms with Crippen LogP contribution < -0.4 is 0 Å². The van der Waals surface area contributed by atoms with Gasteiger partial charge in [0.05, 0.1) is 20.4 Å². The molecular weight excluding hydrogens is 731 g/mol. The first-order chi connectivity index (χ1) is 27.7. The Bertz CT molecular complexity index is 3230. The largest absolute Gasteiger partial charge is 0.456 e. The van der Waals surface area contributed by atoms with Crippen molar-refractivity contribution in [2.45, 2.75) is 0 Å². The summed E-state index contributed by atoms with van der Waals surface area (Å²) in [5.41, 5.74) is 9.72. The molecule has 5 aromatic heterocycles. The number of hydrogen-bond donors (Lipinski definition) is 0. The molecule has 0 spiro atoms. The molecule has 0 aliphatic rings. The zero-order valence-corrected chi connectivity index (χ0v) is 30.9. The first-order valence-electron chi connectivity index (χ1n) is 18.1. The van der Waals surface area contributed by atoms with E-state index in [1.165, 1.54) is 0 Å². The third-order valence-corrected chi connectivity index (χ3v) is 12.4. The second-order valence-electron chi connectivity index (χ2n) is 13.6. The second-order valence-corrected chi connectivity index (χ2v) is 15.7. The van der Waals surface area contributed by atoms with Gasteiger partial charge in [-0.05, 0) is 72.8 Å². The predicted octanol–water partition coefficient (Wildman–Crippen LogP) is 13.2. The summed E-state index contributed by atoms with van der Waals surface area (Å²) >= 11 is 3.37. The molecule has 12 rings (SSSR count). The first-order valence-corrected chi connectivity index (χ1v) is 19.8. The van der Waals surface area contributed by atoms with Crippen molar-refractivity contribution in [3.63, 3.8) is 0 Å². The summed E-state index contributed by atoms with van der Waals surface area (Å²) in [7, 11) is 0. The molecule has 0 atom stereocenters. The summed E-state index contributed by atoms with van der Waals surface area (Å²) in [4.78, 5) is 25.4. The van der Waals surface area contributed by atoms with Crippen molar-refractivity contribution in [1.29, 1.82) is 0 Å². The van der Waals surface area contributed by atoms with Crippen LogP contribution in [0, 0.1) is 0 Å². The van der Waals surface area contributed by atoms with Gasteiger partial charge in [-0.2, -0.15) is 0 Å². The Labute approximate surface area is 326 Å². The molecule has 12 aromatic rings. The van der Waals surface area contributed by atoms with E-state index in [0.717, 1.165) is 102 Å². The van der Waals surface area contributed by atoms with Crippen LogP contribution in [0.15, 0.2) is 160 Å². The lowest BCUT2D eigenvalue weighted by atomic mass is 10.0. The highest BCUT2D eigenvalue weighted by atomic mass is 32.1. The van der Waals surface area contributed by atoms with Crippen LogP contribution in [0.25, 0.3) is 120 Å². The maximum atomic E-state index is 6.45. The maximum absolute atomic E-state index is 6.45. The molecule has 0 aliphatic heterocycles. The van der Waals surface area contributed by atoms with Crippen LogP contribution in [0.2, 0.25) is 0 Å². The minimum Gasteiger partial charge on any atom is -0.456 e. The molecule has 0 fully saturated rings. The van der Waals surface area contributed by atoms with Crippen molar-refractivity contribution < 1.29 is 8.83 Å². The Morgan fingerprint density at radius 1 is 0.357 bits per heavy atom. The van der Waals surface area contributed by atoms with Crippen LogP contribution in [0.1, 0.15) is 0 Å². The number of para-hydroxylation sites is 2. The van der Waals surface area contributed by atoms with Gasteiger partial charge in [0.25, 0.3) is 0 Å². The molecule has 0 aliphatic carbocycles. The van der Waals surface area contributed by atoms with Gasteiger partial charge in [-0.1, -0.05) is 78.9 Å². The average Bonchev–Trinajstić information content (AvgIpc) is 4.05. The fourth-order valence-electron chi connectivity index (χ4n) is 7.62. The second kappa shape index (κ2) is 12.2. The van der Waals surface area contributed by atoms with E-state index >= 15 is 0 Å². The van der Waals surface area contributed by atoms with Crippen LogP contribution in [0.3, 0.4) is 0 Å². The van der Waals surface area contributed by atoms with E-state index in [1.54, 1.807) is 22.7 Å². The van der Waals surface area contributed by atoms with Crippen LogP contribution in [-0.2, 0) is 0 Å². The van der Waals surface area contributed by atoms with Crippen LogP contribution in [0.5, 0.6) is 0 Å². The minimum atomic E-state index is 0.549. The number of fused-ring (bicyclic) bond motifs is 8. The van der Waals surface area contributed by atoms with Gasteiger partial charge in [-0.3, -0.25) is 0 Å². The van der Waals surface area contributed by atoms with Gasteiger partial charge >= 0.3 is 0 Å². The summed E-state index contributed by atoms with van der Waals surface area (Å²) in [6.45, 7) is 0. The van der Waals surface area contributed by atoms with Crippen molar-refractivity contribution in [1.82, 2.24) is 24.9 Å². The SMILES string of the molecule is c1ccc(-c2nc(-c3cccc4oc5ccc(-c6nc7ccccc7s6)cc5c34)nc(-c3cccc4oc5ccc(-c6nc7ccccc7s6)cc5c34)n2)cc1. The summed E-state index contributed by atoms with van der Waals surface area (Å²) in [5.74, 6) is 1.67. The number of thiazole rings is 2. The summed E-state index contributed by atoms with van der Waals surface area (Å²) < 4.78 is 15.2. The number of furan rings is 2. The highest BCUT2D eigenvalue weighted by Crippen LogP contribution is 2.42. The fraction of sp³-hybridized carbons (Fsp3) is 0. The Kier molecular flexibility index (Phi) is 6.83. The standard InChI is InChI=1S/C47H25N5O2S2/c1-2-10-26(11-3-1)43-50-44(29-12-8-16-37-41(29)31-24-27(20-22-35(31)53-37)46-48-33-14-4-6-18-39(33)55-46)52-45(51-43)30-13-9-17-38-42(30)32-25-28(21-23-36(32)54-38)47-49-34-15-5-7-19-40(34)56-47/h1-25H. The normalized spacial score (nSPS) is 11.9. The Hall–Kier alpha value is -7.07. The van der Waals surface area contributed by atoms with Crippen molar-refractivity contribution in [3.8, 4) is 55.3 Å². The van der Waals surface area contributed by atoms with Crippen molar-refractivity contribution in [2.24, 2.45) is 0 Å². The number of aromatic nitrogens is 5. The van der Waals surface area contributed by atoms with E-state index in [1.807, 2.05) is 91.0 Å². The maximum Gasteiger partial charge on any atom is 0.164 e. The van der Waals surface area contributed by atoms with E-state index in [9.17, 15) is 0 Å². The number of benzene rings is 7. The lowest BCUT2D eigenvalue weighted by Crippen LogP contribution is -2.00. The van der Waals surface area contributed by atoms with Gasteiger partial charge in [-0.25, -0.2) is 24.9 Å². The highest BCUT2D eigenvalue weighted by Gasteiger charge is 2.21. The van der Waals surface area contributed by atoms with Crippen molar-refractivity contribution >= 4 is 87.0 Å². The van der Waals surface area contributed by atoms with E-state index in [0.29, 0.717) is 17.5 Å². The highest BCUT2D eigenvalue weighted by molar-refractivity contribution is 7.22. The van der Waals surface area contributed by atoms with Gasteiger partial charge in [0.1, 0.15) is 32.3 Å². The van der Waals surface area contributed by atoms with E-state index in [4.69, 9.17) is 33.8 Å². The van der Waals surface area contributed by atoms with Crippen molar-refractivity contribution in [2.75, 3.05) is 0 Å². The van der Waals surface area contributed by atoms with E-state index in [2.05, 4.69) is 60.7 Å². The average molecular weight is 756 g/mol. The zero-order valence-electron chi connectivity index (χ0n) is 29.3. The molecule has 0 saturated heterocycles. The monoisotopic (exact) mass is 755 g/mol. The van der Waals surface area contributed by atoms with Crippen LogP contribution in [-0.4, -0.2) is 24.9 Å². The topological polar surface area (TPSA) is 90.7 Å². The molecule has 5 heterocycles. The van der Waals surface area contributed by atoms with Gasteiger partial charge < -0.3 is 8.83 Å². The molecule has 0 saturated carbocycles. The minimum absolute atomic E-state index is 0.549. The number of rotatable bonds is 5. The summed E-state index contributed by atoms with van der Waals surface area (Å²) in [6.07, 6.45) is 0. The molecular formula is C47H25N5O2S2. The van der Waals surface area contributed by atoms with E-state index < -0.39 is 0 Å². The van der Waals surface area contributed by atoms with Crippen molar-refractivity contribution in [3.05, 3.63) is 152 Å². The molecule has 0 unspecified atom stereocenters. The van der Waals surface area contributed by atoms with Crippen LogP contribution in [0.4, 0.5) is 0 Å². The zero-order chi connectivity index (χ0) is 36.7. The quantitative estimate of drug-likeness (QED) is 0.173. The predicted molar refractivity (Wildman–Crippen MR) is 228 cm³/mol. The molecule has 9 heteroatoms. The lowest BCUT2D eigenvalue weighted by Gasteiger charge is -2.10. The Balaban J connectivity index is 1.07. The number of hydrogen-bond acceptors (Lipinski definition) is 9. The molecule has 7 nitrogen and oxygen atoms in total. The summed E-state index contributed by atoms with van der Waals surface area (Å²) in [6, 6.07) is 51.2. The van der Waals surface area contributed by atoms with Gasteiger partial charge in [-0.15, -0.1) is 22.7 Å². The summed E-state index contributed by atoms with van der Waals surface area (Å²) in [5, 5.41) is 5.74. The van der Waals surface area contributed by atoms with Crippen LogP contribution >= 0.6 is 22.7 Å². The molecule has 7 aromatic carbocycles. The van der Waals surface area contributed by atoms with E-state index in [-0.39, 0.29) is 0 Å². The third kappa shape index (κ3) is 4.98. The third-order valence-electron chi connectivity index (χ3n) is 10.2. The molecule has 0 bridgehead atoms. The molecule has 262 valence electrons. The molecule has 0 N–H and O–H groups in total. The molecule has 0 amide bonds. The lowest BCUT2D eigenvalue weighted by molar-refractivity contribution is 0.668.